The summed E-state index contributed by atoms with van der Waals surface area (Å²) in [5, 5.41) is 13.6. The molecule has 2 aromatic carbocycles. The van der Waals surface area contributed by atoms with Crippen LogP contribution in [0.5, 0.6) is 0 Å². The molecule has 0 bridgehead atoms. The highest BCUT2D eigenvalue weighted by atomic mass is 19.3. The third-order valence-electron chi connectivity index (χ3n) is 6.90. The molecule has 2 atom stereocenters. The van der Waals surface area contributed by atoms with Crippen LogP contribution in [0.2, 0.25) is 0 Å². The van der Waals surface area contributed by atoms with Crippen molar-refractivity contribution in [2.24, 2.45) is 0 Å². The van der Waals surface area contributed by atoms with Crippen molar-refractivity contribution in [1.82, 2.24) is 9.97 Å². The molecule has 1 aliphatic heterocycles. The highest BCUT2D eigenvalue weighted by Crippen LogP contribution is 2.45. The first-order chi connectivity index (χ1) is 17.1. The van der Waals surface area contributed by atoms with E-state index in [1.807, 2.05) is 6.92 Å². The Morgan fingerprint density at radius 3 is 2.54 bits per heavy atom. The molecule has 2 heterocycles. The summed E-state index contributed by atoms with van der Waals surface area (Å²) >= 11 is 0. The summed E-state index contributed by atoms with van der Waals surface area (Å²) in [6.45, 7) is 9.09. The van der Waals surface area contributed by atoms with E-state index in [9.17, 15) is 18.7 Å². The number of benzene rings is 2. The fourth-order valence-corrected chi connectivity index (χ4v) is 4.76. The number of amides is 1. The van der Waals surface area contributed by atoms with E-state index in [0.717, 1.165) is 19.9 Å². The molecule has 0 aliphatic carbocycles. The van der Waals surface area contributed by atoms with Gasteiger partial charge in [-0.1, -0.05) is 12.1 Å². The predicted octanol–water partition coefficient (Wildman–Crippen LogP) is 5.34. The van der Waals surface area contributed by atoms with Crippen molar-refractivity contribution in [2.45, 2.75) is 64.7 Å². The Hall–Kier alpha value is -3.24. The van der Waals surface area contributed by atoms with Gasteiger partial charge in [0, 0.05) is 30.2 Å². The van der Waals surface area contributed by atoms with Gasteiger partial charge in [0.2, 0.25) is 0 Å². The Labute approximate surface area is 213 Å². The lowest BCUT2D eigenvalue weighted by atomic mass is 9.91. The van der Waals surface area contributed by atoms with Gasteiger partial charge < -0.3 is 20.1 Å². The van der Waals surface area contributed by atoms with Gasteiger partial charge in [0.05, 0.1) is 22.8 Å². The molecule has 3 aromatic rings. The summed E-state index contributed by atoms with van der Waals surface area (Å²) in [5.41, 5.74) is -2.64. The van der Waals surface area contributed by atoms with Crippen LogP contribution in [0.4, 0.5) is 24.7 Å². The van der Waals surface area contributed by atoms with Gasteiger partial charge in [0.25, 0.3) is 5.91 Å². The maximum absolute atomic E-state index is 15.4. The van der Waals surface area contributed by atoms with Crippen molar-refractivity contribution in [2.75, 3.05) is 23.9 Å². The average molecular weight is 517 g/mol. The van der Waals surface area contributed by atoms with Crippen LogP contribution < -0.4 is 10.2 Å². The van der Waals surface area contributed by atoms with Gasteiger partial charge >= 0.3 is 5.92 Å². The number of carbonyl (C=O) groups excluding carboxylic acids is 1. The first-order valence-corrected chi connectivity index (χ1v) is 12.0. The molecule has 0 spiro atoms. The fourth-order valence-electron chi connectivity index (χ4n) is 4.76. The number of alkyl halides is 2. The van der Waals surface area contributed by atoms with E-state index in [4.69, 9.17) is 4.74 Å². The molecule has 1 aliphatic rings. The van der Waals surface area contributed by atoms with Gasteiger partial charge in [-0.05, 0) is 59.7 Å². The summed E-state index contributed by atoms with van der Waals surface area (Å²) in [4.78, 5) is 23.5. The summed E-state index contributed by atoms with van der Waals surface area (Å²) in [5.74, 6) is -4.33. The lowest BCUT2D eigenvalue weighted by molar-refractivity contribution is -0.170. The third-order valence-corrected chi connectivity index (χ3v) is 6.90. The third kappa shape index (κ3) is 4.21. The Kier molecular flexibility index (Phi) is 6.49. The molecule has 2 N–H and O–H groups in total. The van der Waals surface area contributed by atoms with Gasteiger partial charge in [-0.2, -0.15) is 8.78 Å². The van der Waals surface area contributed by atoms with E-state index in [1.165, 1.54) is 17.0 Å². The molecule has 0 radical (unpaired) electrons. The minimum atomic E-state index is -3.81. The maximum Gasteiger partial charge on any atom is 0.303 e. The Morgan fingerprint density at radius 1 is 1.24 bits per heavy atom. The molecular formula is C27H31F3N4O3. The maximum atomic E-state index is 15.4. The van der Waals surface area contributed by atoms with Crippen LogP contribution in [0.15, 0.2) is 30.3 Å². The van der Waals surface area contributed by atoms with Crippen LogP contribution in [0.25, 0.3) is 10.9 Å². The molecule has 10 heteroatoms. The largest absolute Gasteiger partial charge is 0.384 e. The summed E-state index contributed by atoms with van der Waals surface area (Å²) in [6.07, 6.45) is 0. The second-order valence-electron chi connectivity index (χ2n) is 10.0. The highest BCUT2D eigenvalue weighted by molar-refractivity contribution is 6.09. The molecule has 4 rings (SSSR count). The number of nitrogens with one attached hydrogen (secondary N) is 1. The molecule has 1 amide bonds. The standard InChI is InChI=1S/C27H31F3N4O3/c1-8-37-26(6)19-13-20-17(12-21(19)34(7)24(26)35)23(33-15(3)32-20)31-14(2)16-10-9-11-18(22(16)28)27(29,30)25(4,5)36/h9-14,36H,8H2,1-7H3,(H,31,32,33)/t14-,26-/m1/s1. The molecular weight excluding hydrogens is 485 g/mol. The minimum Gasteiger partial charge on any atom is -0.384 e. The van der Waals surface area contributed by atoms with Gasteiger partial charge in [-0.25, -0.2) is 14.4 Å². The number of aliphatic hydroxyl groups is 1. The molecule has 7 nitrogen and oxygen atoms in total. The number of hydrogen-bond acceptors (Lipinski definition) is 6. The second kappa shape index (κ2) is 8.95. The number of aryl methyl sites for hydroxylation is 1. The highest BCUT2D eigenvalue weighted by Gasteiger charge is 2.49. The number of carbonyl (C=O) groups is 1. The molecule has 0 saturated carbocycles. The number of hydrogen-bond donors (Lipinski definition) is 2. The monoisotopic (exact) mass is 516 g/mol. The summed E-state index contributed by atoms with van der Waals surface area (Å²) in [6, 6.07) is 6.51. The van der Waals surface area contributed by atoms with Gasteiger partial charge in [-0.15, -0.1) is 0 Å². The quantitative estimate of drug-likeness (QED) is 0.441. The average Bonchev–Trinajstić information content (AvgIpc) is 2.98. The van der Waals surface area contributed by atoms with Crippen LogP contribution in [0.1, 0.15) is 63.2 Å². The van der Waals surface area contributed by atoms with Gasteiger partial charge in [0.1, 0.15) is 23.1 Å². The Morgan fingerprint density at radius 2 is 1.92 bits per heavy atom. The smallest absolute Gasteiger partial charge is 0.303 e. The first kappa shape index (κ1) is 26.8. The Balaban J connectivity index is 1.79. The number of rotatable bonds is 7. The van der Waals surface area contributed by atoms with Crippen molar-refractivity contribution in [1.29, 1.82) is 0 Å². The van der Waals surface area contributed by atoms with Crippen LogP contribution in [0, 0.1) is 12.7 Å². The van der Waals surface area contributed by atoms with Crippen molar-refractivity contribution in [3.05, 3.63) is 58.7 Å². The van der Waals surface area contributed by atoms with E-state index >= 15 is 4.39 Å². The van der Waals surface area contributed by atoms with Gasteiger partial charge in [-0.3, -0.25) is 4.79 Å². The minimum absolute atomic E-state index is 0.0109. The number of ether oxygens (including phenoxy) is 1. The number of halogens is 3. The number of likely N-dealkylation sites (N-methyl/N-ethyl adjacent to an activating group) is 1. The predicted molar refractivity (Wildman–Crippen MR) is 135 cm³/mol. The van der Waals surface area contributed by atoms with Crippen LogP contribution in [-0.2, 0) is 21.1 Å². The number of aromatic nitrogens is 2. The summed E-state index contributed by atoms with van der Waals surface area (Å²) < 4.78 is 50.8. The summed E-state index contributed by atoms with van der Waals surface area (Å²) in [7, 11) is 1.66. The zero-order valence-electron chi connectivity index (χ0n) is 21.9. The fraction of sp³-hybridized carbons (Fsp3) is 0.444. The molecule has 0 fully saturated rings. The zero-order chi connectivity index (χ0) is 27.5. The van der Waals surface area contributed by atoms with Crippen molar-refractivity contribution in [3.8, 4) is 0 Å². The molecule has 1 aromatic heterocycles. The lowest BCUT2D eigenvalue weighted by Crippen LogP contribution is -2.41. The van der Waals surface area contributed by atoms with E-state index in [-0.39, 0.29) is 11.5 Å². The van der Waals surface area contributed by atoms with E-state index < -0.39 is 34.5 Å². The molecule has 0 saturated heterocycles. The second-order valence-corrected chi connectivity index (χ2v) is 10.0. The molecule has 0 unspecified atom stereocenters. The first-order valence-electron chi connectivity index (χ1n) is 12.0. The van der Waals surface area contributed by atoms with Crippen molar-refractivity contribution < 1.29 is 27.8 Å². The van der Waals surface area contributed by atoms with E-state index in [2.05, 4.69) is 15.3 Å². The Bertz CT molecular complexity index is 1390. The van der Waals surface area contributed by atoms with Crippen LogP contribution in [-0.4, -0.2) is 40.2 Å². The normalized spacial score (nSPS) is 18.9. The lowest BCUT2D eigenvalue weighted by Gasteiger charge is -2.30. The van der Waals surface area contributed by atoms with Crippen molar-refractivity contribution >= 4 is 28.3 Å². The van der Waals surface area contributed by atoms with E-state index in [1.54, 1.807) is 40.0 Å². The number of fused-ring (bicyclic) bond motifs is 2. The zero-order valence-corrected chi connectivity index (χ0v) is 21.9. The number of nitrogens with zero attached hydrogens (tertiary/aromatic N) is 3. The number of anilines is 2. The SMILES string of the molecule is CCO[C@@]1(C)C(=O)N(C)c2cc3c(N[C@H](C)c4cccc(C(F)(F)C(C)(C)O)c4F)nc(C)nc3cc21. The van der Waals surface area contributed by atoms with Crippen LogP contribution >= 0.6 is 0 Å². The van der Waals surface area contributed by atoms with E-state index in [0.29, 0.717) is 40.4 Å². The molecule has 198 valence electrons. The van der Waals surface area contributed by atoms with Crippen LogP contribution in [0.3, 0.4) is 0 Å². The van der Waals surface area contributed by atoms with Gasteiger partial charge in [0.15, 0.2) is 5.60 Å². The topological polar surface area (TPSA) is 87.6 Å². The molecule has 37 heavy (non-hydrogen) atoms. The van der Waals surface area contributed by atoms with Crippen molar-refractivity contribution in [3.63, 3.8) is 0 Å².